The van der Waals surface area contributed by atoms with Gasteiger partial charge >= 0.3 is 0 Å². The molecule has 4 unspecified atom stereocenters. The molecule has 0 aromatic heterocycles. The molecule has 2 bridgehead atoms. The molecular formula is C22H29IN4O4S. The summed E-state index contributed by atoms with van der Waals surface area (Å²) in [5, 5.41) is 6.32. The molecule has 174 valence electrons. The molecule has 1 aromatic carbocycles. The second-order valence-corrected chi connectivity index (χ2v) is 10.4. The molecule has 1 heterocycles. The van der Waals surface area contributed by atoms with Gasteiger partial charge in [-0.3, -0.25) is 14.5 Å². The molecule has 8 nitrogen and oxygen atoms in total. The molecule has 10 heteroatoms. The predicted molar refractivity (Wildman–Crippen MR) is 132 cm³/mol. The van der Waals surface area contributed by atoms with Crippen LogP contribution < -0.4 is 10.6 Å². The molecule has 0 radical (unpaired) electrons. The van der Waals surface area contributed by atoms with Crippen LogP contribution in [0, 0.1) is 23.7 Å². The zero-order chi connectivity index (χ0) is 22.2. The standard InChI is InChI=1S/C22H28N4O4S.HI/c1-3-23-22(25-13-14-4-8-17(9-5-14)31(2,29)30)24-10-11-26-20(27)18-15-6-7-16(12-15)19(18)21(26)28;/h4-9,15-16,18-19H,3,10-13H2,1-2H3,(H2,23,24,25);1H. The zero-order valence-electron chi connectivity index (χ0n) is 18.2. The van der Waals surface area contributed by atoms with Crippen LogP contribution in [0.2, 0.25) is 0 Å². The molecule has 2 fully saturated rings. The number of amides is 2. The number of guanidine groups is 1. The first-order chi connectivity index (χ1) is 14.8. The fourth-order valence-electron chi connectivity index (χ4n) is 4.82. The van der Waals surface area contributed by atoms with Gasteiger partial charge in [-0.2, -0.15) is 0 Å². The number of benzene rings is 1. The summed E-state index contributed by atoms with van der Waals surface area (Å²) in [7, 11) is -3.22. The first-order valence-electron chi connectivity index (χ1n) is 10.6. The van der Waals surface area contributed by atoms with Crippen LogP contribution in [-0.4, -0.2) is 57.0 Å². The molecule has 32 heavy (non-hydrogen) atoms. The quantitative estimate of drug-likeness (QED) is 0.169. The minimum absolute atomic E-state index is 0. The van der Waals surface area contributed by atoms with E-state index in [2.05, 4.69) is 27.8 Å². The van der Waals surface area contributed by atoms with Gasteiger partial charge in [0, 0.05) is 25.9 Å². The zero-order valence-corrected chi connectivity index (χ0v) is 21.3. The number of rotatable bonds is 7. The van der Waals surface area contributed by atoms with E-state index in [1.54, 1.807) is 24.3 Å². The van der Waals surface area contributed by atoms with Crippen molar-refractivity contribution >= 4 is 51.6 Å². The van der Waals surface area contributed by atoms with Crippen molar-refractivity contribution in [2.45, 2.75) is 24.8 Å². The Morgan fingerprint density at radius 1 is 1.06 bits per heavy atom. The third kappa shape index (κ3) is 4.85. The van der Waals surface area contributed by atoms with Gasteiger partial charge in [0.1, 0.15) is 0 Å². The van der Waals surface area contributed by atoms with Gasteiger partial charge in [-0.25, -0.2) is 13.4 Å². The number of nitrogens with one attached hydrogen (secondary N) is 2. The molecule has 0 spiro atoms. The molecule has 4 atom stereocenters. The van der Waals surface area contributed by atoms with Gasteiger partial charge in [0.15, 0.2) is 15.8 Å². The van der Waals surface area contributed by atoms with Gasteiger partial charge in [0.05, 0.1) is 23.3 Å². The number of likely N-dealkylation sites (tertiary alicyclic amines) is 1. The van der Waals surface area contributed by atoms with E-state index in [4.69, 9.17) is 0 Å². The third-order valence-corrected chi connectivity index (χ3v) is 7.43. The van der Waals surface area contributed by atoms with E-state index in [1.807, 2.05) is 6.92 Å². The summed E-state index contributed by atoms with van der Waals surface area (Å²) in [6.45, 7) is 3.73. The normalized spacial score (nSPS) is 26.3. The van der Waals surface area contributed by atoms with Crippen LogP contribution >= 0.6 is 24.0 Å². The molecule has 1 saturated heterocycles. The van der Waals surface area contributed by atoms with Crippen LogP contribution in [0.4, 0.5) is 0 Å². The van der Waals surface area contributed by atoms with Crippen LogP contribution in [-0.2, 0) is 26.0 Å². The monoisotopic (exact) mass is 572 g/mol. The number of hydrogen-bond donors (Lipinski definition) is 2. The number of carbonyl (C=O) groups excluding carboxylic acids is 2. The highest BCUT2D eigenvalue weighted by molar-refractivity contribution is 14.0. The van der Waals surface area contributed by atoms with Crippen molar-refractivity contribution in [3.8, 4) is 0 Å². The highest BCUT2D eigenvalue weighted by Gasteiger charge is 2.58. The number of hydrogen-bond acceptors (Lipinski definition) is 5. The van der Waals surface area contributed by atoms with Crippen molar-refractivity contribution in [2.24, 2.45) is 28.7 Å². The highest BCUT2D eigenvalue weighted by atomic mass is 127. The van der Waals surface area contributed by atoms with Crippen molar-refractivity contribution in [1.82, 2.24) is 15.5 Å². The first kappa shape index (κ1) is 24.7. The number of aliphatic imine (C=N–C) groups is 1. The topological polar surface area (TPSA) is 108 Å². The summed E-state index contributed by atoms with van der Waals surface area (Å²) in [5.74, 6) is 0.604. The lowest BCUT2D eigenvalue weighted by atomic mass is 9.85. The molecule has 3 aliphatic rings. The summed E-state index contributed by atoms with van der Waals surface area (Å²) >= 11 is 0. The average molecular weight is 572 g/mol. The van der Waals surface area contributed by atoms with Crippen LogP contribution in [0.3, 0.4) is 0 Å². The Morgan fingerprint density at radius 3 is 2.19 bits per heavy atom. The van der Waals surface area contributed by atoms with Crippen molar-refractivity contribution in [2.75, 3.05) is 25.9 Å². The van der Waals surface area contributed by atoms with Crippen molar-refractivity contribution < 1.29 is 18.0 Å². The van der Waals surface area contributed by atoms with Crippen LogP contribution in [0.25, 0.3) is 0 Å². The maximum atomic E-state index is 12.8. The van der Waals surface area contributed by atoms with Gasteiger partial charge in [0.25, 0.3) is 0 Å². The average Bonchev–Trinajstić information content (AvgIpc) is 3.41. The maximum absolute atomic E-state index is 12.8. The number of imide groups is 1. The lowest BCUT2D eigenvalue weighted by Crippen LogP contribution is -2.43. The van der Waals surface area contributed by atoms with Gasteiger partial charge in [-0.1, -0.05) is 24.3 Å². The Labute approximate surface area is 205 Å². The van der Waals surface area contributed by atoms with E-state index in [9.17, 15) is 18.0 Å². The van der Waals surface area contributed by atoms with Gasteiger partial charge in [-0.15, -0.1) is 24.0 Å². The van der Waals surface area contributed by atoms with E-state index in [-0.39, 0.29) is 64.4 Å². The Bertz CT molecular complexity index is 1010. The Balaban J connectivity index is 0.00000289. The Hall–Kier alpha value is -1.95. The molecule has 1 aromatic rings. The van der Waals surface area contributed by atoms with E-state index in [0.717, 1.165) is 12.0 Å². The molecule has 2 amide bonds. The lowest BCUT2D eigenvalue weighted by Gasteiger charge is -2.18. The fourth-order valence-corrected chi connectivity index (χ4v) is 5.46. The minimum atomic E-state index is -3.22. The van der Waals surface area contributed by atoms with Gasteiger partial charge in [0.2, 0.25) is 11.8 Å². The van der Waals surface area contributed by atoms with Crippen molar-refractivity contribution in [1.29, 1.82) is 0 Å². The molecule has 2 N–H and O–H groups in total. The maximum Gasteiger partial charge on any atom is 0.233 e. The van der Waals surface area contributed by atoms with Gasteiger partial charge < -0.3 is 10.6 Å². The summed E-state index contributed by atoms with van der Waals surface area (Å²) in [6, 6.07) is 6.63. The van der Waals surface area contributed by atoms with E-state index in [0.29, 0.717) is 32.1 Å². The van der Waals surface area contributed by atoms with Crippen LogP contribution in [0.1, 0.15) is 18.9 Å². The number of allylic oxidation sites excluding steroid dienone is 2. The van der Waals surface area contributed by atoms with Crippen molar-refractivity contribution in [3.05, 3.63) is 42.0 Å². The van der Waals surface area contributed by atoms with E-state index >= 15 is 0 Å². The number of sulfone groups is 1. The second-order valence-electron chi connectivity index (χ2n) is 8.37. The molecule has 1 saturated carbocycles. The lowest BCUT2D eigenvalue weighted by molar-refractivity contribution is -0.140. The molecule has 4 rings (SSSR count). The second kappa shape index (κ2) is 9.90. The SMILES string of the molecule is CCNC(=NCc1ccc(S(C)(=O)=O)cc1)NCCN1C(=O)C2C3C=CC(C3)C2C1=O.I. The Morgan fingerprint density at radius 2 is 1.66 bits per heavy atom. The van der Waals surface area contributed by atoms with Gasteiger partial charge in [-0.05, 0) is 42.9 Å². The van der Waals surface area contributed by atoms with Crippen molar-refractivity contribution in [3.63, 3.8) is 0 Å². The summed E-state index contributed by atoms with van der Waals surface area (Å²) < 4.78 is 23.1. The van der Waals surface area contributed by atoms with Crippen LogP contribution in [0.15, 0.2) is 46.3 Å². The smallest absolute Gasteiger partial charge is 0.233 e. The number of fused-ring (bicyclic) bond motifs is 5. The third-order valence-electron chi connectivity index (χ3n) is 6.30. The van der Waals surface area contributed by atoms with Crippen LogP contribution in [0.5, 0.6) is 0 Å². The number of halogens is 1. The predicted octanol–water partition coefficient (Wildman–Crippen LogP) is 1.57. The molecule has 2 aliphatic carbocycles. The molecule has 1 aliphatic heterocycles. The highest BCUT2D eigenvalue weighted by Crippen LogP contribution is 2.52. The summed E-state index contributed by atoms with van der Waals surface area (Å²) in [4.78, 5) is 31.7. The summed E-state index contributed by atoms with van der Waals surface area (Å²) in [6.07, 6.45) is 6.30. The number of nitrogens with zero attached hydrogens (tertiary/aromatic N) is 2. The molecular weight excluding hydrogens is 543 g/mol. The summed E-state index contributed by atoms with van der Waals surface area (Å²) in [5.41, 5.74) is 0.880. The Kier molecular flexibility index (Phi) is 7.64. The fraction of sp³-hybridized carbons (Fsp3) is 0.500. The first-order valence-corrected chi connectivity index (χ1v) is 12.5. The minimum Gasteiger partial charge on any atom is -0.357 e. The largest absolute Gasteiger partial charge is 0.357 e. The number of carbonyl (C=O) groups is 2. The van der Waals surface area contributed by atoms with E-state index in [1.165, 1.54) is 11.2 Å². The van der Waals surface area contributed by atoms with E-state index < -0.39 is 9.84 Å².